The third kappa shape index (κ3) is 2.45. The Bertz CT molecular complexity index is 664. The summed E-state index contributed by atoms with van der Waals surface area (Å²) in [6.45, 7) is 2.90. The second-order valence-corrected chi connectivity index (χ2v) is 4.49. The number of aromatic nitrogens is 1. The Morgan fingerprint density at radius 3 is 3.21 bits per heavy atom. The van der Waals surface area contributed by atoms with Gasteiger partial charge < -0.3 is 14.5 Å². The number of nitrogens with one attached hydrogen (secondary N) is 1. The highest BCUT2D eigenvalue weighted by Gasteiger charge is 2.12. The largest absolute Gasteiger partial charge is 0.480 e. The minimum absolute atomic E-state index is 0.178. The second kappa shape index (κ2) is 4.76. The van der Waals surface area contributed by atoms with E-state index in [0.29, 0.717) is 5.76 Å². The number of fused-ring (bicyclic) bond motifs is 1. The molecule has 5 nitrogen and oxygen atoms in total. The molecule has 0 saturated heterocycles. The Balaban J connectivity index is 1.74. The highest BCUT2D eigenvalue weighted by atomic mass is 16.5. The van der Waals surface area contributed by atoms with E-state index in [0.717, 1.165) is 24.5 Å². The molecule has 1 aliphatic rings. The molecule has 1 N–H and O–H groups in total. The molecule has 2 aromatic rings. The number of pyridine rings is 1. The van der Waals surface area contributed by atoms with Crippen LogP contribution >= 0.6 is 0 Å². The Morgan fingerprint density at radius 2 is 2.37 bits per heavy atom. The van der Waals surface area contributed by atoms with Crippen molar-refractivity contribution in [2.75, 3.05) is 11.9 Å². The van der Waals surface area contributed by atoms with Crippen LogP contribution in [0.25, 0.3) is 0 Å². The molecule has 0 amide bonds. The minimum Gasteiger partial charge on any atom is -0.480 e. The summed E-state index contributed by atoms with van der Waals surface area (Å²) in [7, 11) is 0. The molecule has 3 rings (SSSR count). The summed E-state index contributed by atoms with van der Waals surface area (Å²) in [4.78, 5) is 16.1. The van der Waals surface area contributed by atoms with Crippen LogP contribution in [0.1, 0.15) is 17.0 Å². The molecule has 0 atom stereocenters. The average molecular weight is 258 g/mol. The number of hydrogen-bond acceptors (Lipinski definition) is 5. The van der Waals surface area contributed by atoms with E-state index >= 15 is 0 Å². The van der Waals surface area contributed by atoms with E-state index < -0.39 is 0 Å². The summed E-state index contributed by atoms with van der Waals surface area (Å²) in [5.41, 5.74) is 1.83. The molecule has 1 aliphatic heterocycles. The molecule has 5 heteroatoms. The average Bonchev–Trinajstić information content (AvgIpc) is 2.85. The first-order valence-electron chi connectivity index (χ1n) is 6.17. The van der Waals surface area contributed by atoms with Gasteiger partial charge in [-0.05, 0) is 25.0 Å². The highest BCUT2D eigenvalue weighted by molar-refractivity contribution is 5.49. The Kier molecular flexibility index (Phi) is 2.95. The lowest BCUT2D eigenvalue weighted by molar-refractivity contribution is 0.286. The fourth-order valence-electron chi connectivity index (χ4n) is 2.03. The zero-order valence-corrected chi connectivity index (χ0v) is 10.6. The van der Waals surface area contributed by atoms with Gasteiger partial charge in [-0.25, -0.2) is 4.98 Å². The van der Waals surface area contributed by atoms with E-state index in [1.165, 1.54) is 17.9 Å². The van der Waals surface area contributed by atoms with Crippen LogP contribution in [-0.4, -0.2) is 11.5 Å². The summed E-state index contributed by atoms with van der Waals surface area (Å²) >= 11 is 0. The fraction of sp³-hybridized carbons (Fsp3) is 0.286. The van der Waals surface area contributed by atoms with Gasteiger partial charge in [0, 0.05) is 12.6 Å². The van der Waals surface area contributed by atoms with Gasteiger partial charge in [0.05, 0.1) is 5.69 Å². The smallest absolute Gasteiger partial charge is 0.226 e. The molecule has 0 radical (unpaired) electrons. The molecule has 0 saturated carbocycles. The Hall–Kier alpha value is -2.30. The predicted octanol–water partition coefficient (Wildman–Crippen LogP) is 1.89. The van der Waals surface area contributed by atoms with Crippen molar-refractivity contribution in [1.82, 2.24) is 4.98 Å². The Morgan fingerprint density at radius 1 is 1.47 bits per heavy atom. The van der Waals surface area contributed by atoms with Crippen molar-refractivity contribution in [2.24, 2.45) is 0 Å². The van der Waals surface area contributed by atoms with Crippen LogP contribution in [0.2, 0.25) is 0 Å². The summed E-state index contributed by atoms with van der Waals surface area (Å²) in [6, 6.07) is 5.37. The van der Waals surface area contributed by atoms with E-state index in [2.05, 4.69) is 10.3 Å². The molecular formula is C14H14N2O3. The molecule has 0 aliphatic carbocycles. The summed E-state index contributed by atoms with van der Waals surface area (Å²) in [5.74, 6) is 1.69. The summed E-state index contributed by atoms with van der Waals surface area (Å²) in [6.07, 6.45) is 2.34. The SMILES string of the molecule is Cc1cc(=O)c(OCc2ccc3c(n2)NCC3)co1. The van der Waals surface area contributed by atoms with Crippen LogP contribution < -0.4 is 15.5 Å². The van der Waals surface area contributed by atoms with Gasteiger partial charge in [0.25, 0.3) is 0 Å². The van der Waals surface area contributed by atoms with Crippen LogP contribution in [0, 0.1) is 6.92 Å². The van der Waals surface area contributed by atoms with Crippen molar-refractivity contribution in [3.63, 3.8) is 0 Å². The lowest BCUT2D eigenvalue weighted by atomic mass is 10.2. The van der Waals surface area contributed by atoms with Crippen LogP contribution in [0.15, 0.2) is 33.7 Å². The van der Waals surface area contributed by atoms with Gasteiger partial charge in [0.15, 0.2) is 0 Å². The normalized spacial score (nSPS) is 12.9. The van der Waals surface area contributed by atoms with Gasteiger partial charge >= 0.3 is 0 Å². The number of nitrogens with zero attached hydrogens (tertiary/aromatic N) is 1. The number of anilines is 1. The maximum atomic E-state index is 11.6. The quantitative estimate of drug-likeness (QED) is 0.910. The van der Waals surface area contributed by atoms with Crippen molar-refractivity contribution >= 4 is 5.82 Å². The second-order valence-electron chi connectivity index (χ2n) is 4.49. The van der Waals surface area contributed by atoms with Crippen molar-refractivity contribution in [3.8, 4) is 5.75 Å². The van der Waals surface area contributed by atoms with Gasteiger partial charge in [0.2, 0.25) is 11.2 Å². The van der Waals surface area contributed by atoms with Crippen molar-refractivity contribution in [2.45, 2.75) is 20.0 Å². The number of rotatable bonds is 3. The molecule has 2 aromatic heterocycles. The van der Waals surface area contributed by atoms with E-state index in [-0.39, 0.29) is 17.8 Å². The summed E-state index contributed by atoms with van der Waals surface area (Å²) in [5, 5.41) is 3.21. The maximum Gasteiger partial charge on any atom is 0.226 e. The van der Waals surface area contributed by atoms with E-state index in [1.807, 2.05) is 12.1 Å². The lowest BCUT2D eigenvalue weighted by Crippen LogP contribution is -2.08. The van der Waals surface area contributed by atoms with Crippen molar-refractivity contribution < 1.29 is 9.15 Å². The number of ether oxygens (including phenoxy) is 1. The third-order valence-corrected chi connectivity index (χ3v) is 3.03. The van der Waals surface area contributed by atoms with Gasteiger partial charge in [0.1, 0.15) is 24.4 Å². The monoisotopic (exact) mass is 258 g/mol. The van der Waals surface area contributed by atoms with Gasteiger partial charge in [-0.1, -0.05) is 6.07 Å². The van der Waals surface area contributed by atoms with E-state index in [4.69, 9.17) is 9.15 Å². The molecule has 0 fully saturated rings. The fourth-order valence-corrected chi connectivity index (χ4v) is 2.03. The first-order valence-corrected chi connectivity index (χ1v) is 6.17. The van der Waals surface area contributed by atoms with E-state index in [9.17, 15) is 4.79 Å². The molecule has 0 unspecified atom stereocenters. The molecule has 0 bridgehead atoms. The van der Waals surface area contributed by atoms with Gasteiger partial charge in [-0.3, -0.25) is 4.79 Å². The maximum absolute atomic E-state index is 11.6. The molecule has 0 aromatic carbocycles. The van der Waals surface area contributed by atoms with Gasteiger partial charge in [-0.15, -0.1) is 0 Å². The zero-order chi connectivity index (χ0) is 13.2. The highest BCUT2D eigenvalue weighted by Crippen LogP contribution is 2.20. The standard InChI is InChI=1S/C14H14N2O3/c1-9-6-12(17)13(8-18-9)19-7-11-3-2-10-4-5-15-14(10)16-11/h2-3,6,8H,4-5,7H2,1H3,(H,15,16). The first kappa shape index (κ1) is 11.8. The molecular weight excluding hydrogens is 244 g/mol. The minimum atomic E-state index is -0.178. The van der Waals surface area contributed by atoms with Crippen LogP contribution in [0.3, 0.4) is 0 Å². The van der Waals surface area contributed by atoms with E-state index in [1.54, 1.807) is 6.92 Å². The topological polar surface area (TPSA) is 64.4 Å². The summed E-state index contributed by atoms with van der Waals surface area (Å²) < 4.78 is 10.6. The Labute approximate surface area is 110 Å². The first-order chi connectivity index (χ1) is 9.22. The lowest BCUT2D eigenvalue weighted by Gasteiger charge is -2.06. The molecule has 98 valence electrons. The zero-order valence-electron chi connectivity index (χ0n) is 10.6. The van der Waals surface area contributed by atoms with Gasteiger partial charge in [-0.2, -0.15) is 0 Å². The third-order valence-electron chi connectivity index (χ3n) is 3.03. The molecule has 19 heavy (non-hydrogen) atoms. The molecule has 0 spiro atoms. The number of hydrogen-bond donors (Lipinski definition) is 1. The van der Waals surface area contributed by atoms with Crippen molar-refractivity contribution in [1.29, 1.82) is 0 Å². The van der Waals surface area contributed by atoms with Crippen LogP contribution in [-0.2, 0) is 13.0 Å². The molecule has 3 heterocycles. The predicted molar refractivity (Wildman–Crippen MR) is 70.5 cm³/mol. The van der Waals surface area contributed by atoms with Crippen LogP contribution in [0.5, 0.6) is 5.75 Å². The van der Waals surface area contributed by atoms with Crippen LogP contribution in [0.4, 0.5) is 5.82 Å². The number of aryl methyl sites for hydroxylation is 1. The van der Waals surface area contributed by atoms with Crippen molar-refractivity contribution in [3.05, 3.63) is 51.7 Å².